The Kier molecular flexibility index (Phi) is 2.99. The minimum Gasteiger partial charge on any atom is -0.356 e. The summed E-state index contributed by atoms with van der Waals surface area (Å²) in [5, 5.41) is 0. The van der Waals surface area contributed by atoms with Crippen molar-refractivity contribution in [3.05, 3.63) is 22.7 Å². The van der Waals surface area contributed by atoms with Crippen LogP contribution in [0.1, 0.15) is 33.1 Å². The Bertz CT molecular complexity index is 405. The van der Waals surface area contributed by atoms with Crippen molar-refractivity contribution in [1.29, 1.82) is 0 Å². The van der Waals surface area contributed by atoms with Gasteiger partial charge in [0.25, 0.3) is 5.56 Å². The van der Waals surface area contributed by atoms with Crippen LogP contribution in [0.2, 0.25) is 0 Å². The number of H-pyrrole nitrogens is 1. The van der Waals surface area contributed by atoms with Crippen LogP contribution in [0.25, 0.3) is 0 Å². The van der Waals surface area contributed by atoms with Crippen molar-refractivity contribution in [3.8, 4) is 0 Å². The lowest BCUT2D eigenvalue weighted by Crippen LogP contribution is -2.39. The van der Waals surface area contributed by atoms with E-state index in [9.17, 15) is 4.79 Å². The summed E-state index contributed by atoms with van der Waals surface area (Å²) in [7, 11) is 0. The fourth-order valence-electron chi connectivity index (χ4n) is 2.16. The van der Waals surface area contributed by atoms with E-state index in [1.54, 1.807) is 6.07 Å². The highest BCUT2D eigenvalue weighted by atomic mass is 16.1. The Morgan fingerprint density at radius 2 is 2.19 bits per heavy atom. The number of aromatic nitrogens is 2. The second-order valence-electron chi connectivity index (χ2n) is 4.92. The Balaban J connectivity index is 2.07. The summed E-state index contributed by atoms with van der Waals surface area (Å²) in [4.78, 5) is 20.1. The predicted octanol–water partition coefficient (Wildman–Crippen LogP) is 1.79. The molecule has 0 aliphatic carbocycles. The van der Waals surface area contributed by atoms with Crippen molar-refractivity contribution >= 4 is 5.82 Å². The van der Waals surface area contributed by atoms with Crippen LogP contribution in [0, 0.1) is 5.41 Å². The summed E-state index contributed by atoms with van der Waals surface area (Å²) in [6.45, 7) is 6.60. The Labute approximate surface area is 95.7 Å². The van der Waals surface area contributed by atoms with Crippen LogP contribution in [-0.2, 0) is 0 Å². The molecule has 0 spiro atoms. The molecule has 2 rings (SSSR count). The predicted molar refractivity (Wildman–Crippen MR) is 64.7 cm³/mol. The first-order valence-corrected chi connectivity index (χ1v) is 5.93. The van der Waals surface area contributed by atoms with E-state index in [0.717, 1.165) is 18.9 Å². The van der Waals surface area contributed by atoms with Crippen LogP contribution in [0.15, 0.2) is 17.2 Å². The van der Waals surface area contributed by atoms with Crippen LogP contribution in [0.5, 0.6) is 0 Å². The fourth-order valence-corrected chi connectivity index (χ4v) is 2.16. The van der Waals surface area contributed by atoms with E-state index in [4.69, 9.17) is 0 Å². The smallest absolute Gasteiger partial charge is 0.252 e. The van der Waals surface area contributed by atoms with Gasteiger partial charge in [-0.05, 0) is 18.3 Å². The molecule has 1 aromatic heterocycles. The van der Waals surface area contributed by atoms with Gasteiger partial charge in [-0.2, -0.15) is 0 Å². The summed E-state index contributed by atoms with van der Waals surface area (Å²) in [5.74, 6) is 0.807. The summed E-state index contributed by atoms with van der Waals surface area (Å²) in [6.07, 6.45) is 5.06. The van der Waals surface area contributed by atoms with Crippen LogP contribution in [0.4, 0.5) is 5.82 Å². The number of hydrogen-bond donors (Lipinski definition) is 1. The molecular weight excluding hydrogens is 202 g/mol. The molecule has 1 aliphatic rings. The first-order valence-electron chi connectivity index (χ1n) is 5.93. The molecule has 1 fully saturated rings. The second-order valence-corrected chi connectivity index (χ2v) is 4.92. The van der Waals surface area contributed by atoms with E-state index in [-0.39, 0.29) is 5.56 Å². The zero-order valence-corrected chi connectivity index (χ0v) is 9.99. The van der Waals surface area contributed by atoms with E-state index in [0.29, 0.717) is 5.41 Å². The molecule has 0 saturated carbocycles. The van der Waals surface area contributed by atoms with Crippen LogP contribution in [0.3, 0.4) is 0 Å². The number of aromatic amines is 1. The second kappa shape index (κ2) is 4.28. The minimum absolute atomic E-state index is 0.0752. The molecule has 1 aliphatic heterocycles. The monoisotopic (exact) mass is 221 g/mol. The maximum absolute atomic E-state index is 11.2. The van der Waals surface area contributed by atoms with Gasteiger partial charge in [0.05, 0.1) is 6.33 Å². The largest absolute Gasteiger partial charge is 0.356 e. The molecule has 88 valence electrons. The lowest BCUT2D eigenvalue weighted by molar-refractivity contribution is 0.238. The van der Waals surface area contributed by atoms with Crippen molar-refractivity contribution in [2.75, 3.05) is 18.0 Å². The average Bonchev–Trinajstić information content (AvgIpc) is 2.30. The quantitative estimate of drug-likeness (QED) is 0.828. The third-order valence-electron chi connectivity index (χ3n) is 3.81. The zero-order chi connectivity index (χ0) is 11.6. The molecular formula is C12H19N3O. The van der Waals surface area contributed by atoms with Gasteiger partial charge in [-0.3, -0.25) is 4.79 Å². The van der Waals surface area contributed by atoms with Gasteiger partial charge in [0, 0.05) is 19.2 Å². The molecule has 4 nitrogen and oxygen atoms in total. The first-order chi connectivity index (χ1) is 7.63. The molecule has 0 amide bonds. The van der Waals surface area contributed by atoms with Gasteiger partial charge in [-0.1, -0.05) is 20.3 Å². The number of nitrogens with zero attached hydrogens (tertiary/aromatic N) is 2. The van der Waals surface area contributed by atoms with E-state index in [1.165, 1.54) is 25.6 Å². The minimum atomic E-state index is -0.0752. The van der Waals surface area contributed by atoms with Crippen molar-refractivity contribution in [3.63, 3.8) is 0 Å². The highest BCUT2D eigenvalue weighted by Gasteiger charge is 2.28. The van der Waals surface area contributed by atoms with Gasteiger partial charge in [-0.25, -0.2) is 4.98 Å². The number of rotatable bonds is 2. The van der Waals surface area contributed by atoms with Crippen molar-refractivity contribution in [2.45, 2.75) is 33.1 Å². The highest BCUT2D eigenvalue weighted by molar-refractivity contribution is 5.37. The number of hydrogen-bond acceptors (Lipinski definition) is 3. The van der Waals surface area contributed by atoms with Crippen molar-refractivity contribution < 1.29 is 0 Å². The maximum Gasteiger partial charge on any atom is 0.252 e. The maximum atomic E-state index is 11.2. The van der Waals surface area contributed by atoms with Crippen molar-refractivity contribution in [1.82, 2.24) is 9.97 Å². The van der Waals surface area contributed by atoms with Crippen LogP contribution < -0.4 is 10.5 Å². The fraction of sp³-hybridized carbons (Fsp3) is 0.667. The van der Waals surface area contributed by atoms with E-state index in [2.05, 4.69) is 28.7 Å². The summed E-state index contributed by atoms with van der Waals surface area (Å²) in [6, 6.07) is 1.58. The molecule has 1 saturated heterocycles. The molecule has 1 aromatic rings. The highest BCUT2D eigenvalue weighted by Crippen LogP contribution is 2.34. The lowest BCUT2D eigenvalue weighted by atomic mass is 9.78. The third-order valence-corrected chi connectivity index (χ3v) is 3.81. The Morgan fingerprint density at radius 1 is 1.50 bits per heavy atom. The van der Waals surface area contributed by atoms with Gasteiger partial charge < -0.3 is 9.88 Å². The summed E-state index contributed by atoms with van der Waals surface area (Å²) >= 11 is 0. The Hall–Kier alpha value is -1.32. The van der Waals surface area contributed by atoms with Gasteiger partial charge in [0.2, 0.25) is 0 Å². The van der Waals surface area contributed by atoms with Crippen molar-refractivity contribution in [2.24, 2.45) is 5.41 Å². The number of nitrogens with one attached hydrogen (secondary N) is 1. The van der Waals surface area contributed by atoms with Crippen LogP contribution >= 0.6 is 0 Å². The van der Waals surface area contributed by atoms with Gasteiger partial charge in [0.15, 0.2) is 0 Å². The topological polar surface area (TPSA) is 49.0 Å². The molecule has 16 heavy (non-hydrogen) atoms. The average molecular weight is 221 g/mol. The normalized spacial score (nSPS) is 19.8. The molecule has 0 unspecified atom stereocenters. The lowest BCUT2D eigenvalue weighted by Gasteiger charge is -2.39. The summed E-state index contributed by atoms with van der Waals surface area (Å²) < 4.78 is 0. The van der Waals surface area contributed by atoms with Gasteiger partial charge >= 0.3 is 0 Å². The molecule has 0 atom stereocenters. The summed E-state index contributed by atoms with van der Waals surface area (Å²) in [5.41, 5.74) is 0.395. The number of anilines is 1. The standard InChI is InChI=1S/C12H19N3O/c1-3-12(2)4-6-15(7-5-12)10-8-11(16)14-9-13-10/h8-9H,3-7H2,1-2H3,(H,13,14,16). The van der Waals surface area contributed by atoms with Gasteiger partial charge in [-0.15, -0.1) is 0 Å². The molecule has 4 heteroatoms. The number of piperidine rings is 1. The molecule has 0 radical (unpaired) electrons. The van der Waals surface area contributed by atoms with E-state index < -0.39 is 0 Å². The third kappa shape index (κ3) is 2.26. The van der Waals surface area contributed by atoms with Gasteiger partial charge in [0.1, 0.15) is 5.82 Å². The Morgan fingerprint density at radius 3 is 2.75 bits per heavy atom. The van der Waals surface area contributed by atoms with Crippen LogP contribution in [-0.4, -0.2) is 23.1 Å². The zero-order valence-electron chi connectivity index (χ0n) is 9.99. The molecule has 0 aromatic carbocycles. The van der Waals surface area contributed by atoms with E-state index in [1.807, 2.05) is 0 Å². The van der Waals surface area contributed by atoms with E-state index >= 15 is 0 Å². The molecule has 0 bridgehead atoms. The SMILES string of the molecule is CCC1(C)CCN(c2cc(=O)[nH]cn2)CC1. The molecule has 1 N–H and O–H groups in total. The first kappa shape index (κ1) is 11.2. The molecule has 2 heterocycles.